The highest BCUT2D eigenvalue weighted by Gasteiger charge is 2.30. The van der Waals surface area contributed by atoms with Gasteiger partial charge in [-0.3, -0.25) is 9.59 Å². The van der Waals surface area contributed by atoms with Gasteiger partial charge in [-0.05, 0) is 52.4 Å². The number of nitrogens with zero attached hydrogens (tertiary/aromatic N) is 1. The molecule has 38 heavy (non-hydrogen) atoms. The number of hydrogen-bond acceptors (Lipinski definition) is 3. The number of nitrogens with one attached hydrogen (secondary N) is 1. The maximum atomic E-state index is 13.9. The lowest BCUT2D eigenvalue weighted by Crippen LogP contribution is -2.50. The van der Waals surface area contributed by atoms with Crippen molar-refractivity contribution in [2.75, 3.05) is 13.7 Å². The van der Waals surface area contributed by atoms with Crippen LogP contribution in [0.2, 0.25) is 0 Å². The summed E-state index contributed by atoms with van der Waals surface area (Å²) in [4.78, 5) is 29.2. The van der Waals surface area contributed by atoms with Crippen molar-refractivity contribution in [2.24, 2.45) is 0 Å². The summed E-state index contributed by atoms with van der Waals surface area (Å²) in [6.45, 7) is 2.92. The highest BCUT2D eigenvalue weighted by Crippen LogP contribution is 2.22. The molecule has 0 aliphatic rings. The number of ether oxygens (including phenoxy) is 1. The fraction of sp³-hybridized carbons (Fsp3) is 0.273. The Hall–Kier alpha value is -4.12. The van der Waals surface area contributed by atoms with E-state index in [0.717, 1.165) is 39.6 Å². The molecule has 0 fully saturated rings. The molecule has 0 spiro atoms. The van der Waals surface area contributed by atoms with Crippen LogP contribution in [0.25, 0.3) is 10.8 Å². The lowest BCUT2D eigenvalue weighted by molar-refractivity contribution is -0.141. The number of methoxy groups -OCH3 is 1. The van der Waals surface area contributed by atoms with Crippen LogP contribution in [-0.4, -0.2) is 36.4 Å². The molecule has 0 saturated carbocycles. The first kappa shape index (κ1) is 26.9. The van der Waals surface area contributed by atoms with Gasteiger partial charge in [0.15, 0.2) is 0 Å². The third-order valence-corrected chi connectivity index (χ3v) is 6.80. The van der Waals surface area contributed by atoms with Crippen molar-refractivity contribution in [3.8, 4) is 5.75 Å². The Bertz CT molecular complexity index is 1350. The second-order valence-corrected chi connectivity index (χ2v) is 9.51. The second kappa shape index (κ2) is 13.4. The maximum absolute atomic E-state index is 13.9. The van der Waals surface area contributed by atoms with Crippen LogP contribution in [-0.2, 0) is 29.0 Å². The molecule has 2 amide bonds. The normalized spacial score (nSPS) is 11.6. The Balaban J connectivity index is 1.64. The third-order valence-electron chi connectivity index (χ3n) is 6.80. The Morgan fingerprint density at radius 1 is 0.868 bits per heavy atom. The zero-order chi connectivity index (χ0) is 26.7. The van der Waals surface area contributed by atoms with E-state index >= 15 is 0 Å². The topological polar surface area (TPSA) is 58.6 Å². The molecule has 0 aliphatic carbocycles. The van der Waals surface area contributed by atoms with Gasteiger partial charge in [0.2, 0.25) is 11.8 Å². The summed E-state index contributed by atoms with van der Waals surface area (Å²) in [6, 6.07) is 31.4. The summed E-state index contributed by atoms with van der Waals surface area (Å²) in [5, 5.41) is 5.35. The average molecular weight is 509 g/mol. The molecule has 0 radical (unpaired) electrons. The predicted octanol–water partition coefficient (Wildman–Crippen LogP) is 5.95. The molecule has 5 heteroatoms. The molecule has 4 rings (SSSR count). The number of carbonyl (C=O) groups is 2. The van der Waals surface area contributed by atoms with Gasteiger partial charge in [-0.25, -0.2) is 0 Å². The lowest BCUT2D eigenvalue weighted by atomic mass is 9.99. The molecule has 1 atom stereocenters. The van der Waals surface area contributed by atoms with Crippen molar-refractivity contribution >= 4 is 22.6 Å². The average Bonchev–Trinajstić information content (AvgIpc) is 2.97. The zero-order valence-corrected chi connectivity index (χ0v) is 22.2. The van der Waals surface area contributed by atoms with Crippen LogP contribution in [0.15, 0.2) is 97.1 Å². The number of fused-ring (bicyclic) bond motifs is 1. The van der Waals surface area contributed by atoms with Gasteiger partial charge in [-0.1, -0.05) is 91.9 Å². The van der Waals surface area contributed by atoms with E-state index in [0.29, 0.717) is 32.4 Å². The van der Waals surface area contributed by atoms with E-state index in [9.17, 15) is 9.59 Å². The molecule has 0 unspecified atom stereocenters. The predicted molar refractivity (Wildman–Crippen MR) is 153 cm³/mol. The van der Waals surface area contributed by atoms with Crippen LogP contribution in [0.3, 0.4) is 0 Å². The summed E-state index contributed by atoms with van der Waals surface area (Å²) in [5.74, 6) is 0.547. The Labute approximate surface area is 225 Å². The molecule has 196 valence electrons. The number of hydrogen-bond donors (Lipinski definition) is 1. The van der Waals surface area contributed by atoms with Crippen molar-refractivity contribution in [3.63, 3.8) is 0 Å². The van der Waals surface area contributed by atoms with Gasteiger partial charge >= 0.3 is 0 Å². The van der Waals surface area contributed by atoms with Crippen molar-refractivity contribution in [1.29, 1.82) is 0 Å². The Morgan fingerprint density at radius 2 is 1.58 bits per heavy atom. The van der Waals surface area contributed by atoms with Crippen LogP contribution in [0.1, 0.15) is 36.5 Å². The molecule has 0 aliphatic heterocycles. The molecule has 0 saturated heterocycles. The number of rotatable bonds is 12. The second-order valence-electron chi connectivity index (χ2n) is 9.51. The molecule has 0 bridgehead atoms. The van der Waals surface area contributed by atoms with E-state index in [4.69, 9.17) is 4.74 Å². The van der Waals surface area contributed by atoms with Gasteiger partial charge < -0.3 is 15.0 Å². The van der Waals surface area contributed by atoms with E-state index < -0.39 is 6.04 Å². The van der Waals surface area contributed by atoms with Crippen molar-refractivity contribution in [1.82, 2.24) is 10.2 Å². The summed E-state index contributed by atoms with van der Waals surface area (Å²) >= 11 is 0. The molecular weight excluding hydrogens is 472 g/mol. The molecule has 0 heterocycles. The maximum Gasteiger partial charge on any atom is 0.243 e. The minimum absolute atomic E-state index is 0.0478. The molecule has 5 nitrogen and oxygen atoms in total. The highest BCUT2D eigenvalue weighted by molar-refractivity contribution is 5.89. The standard InChI is InChI=1S/C33H36N2O3/c1-3-21-34-33(37)31(23-25-11-5-4-6-12-25)35(24-26-13-9-17-29(22-26)38-2)32(36)20-19-28-16-10-15-27-14-7-8-18-30(27)28/h4-18,22,31H,3,19-21,23-24H2,1-2H3,(H,34,37)/t31-/m0/s1. The van der Waals surface area contributed by atoms with E-state index in [1.54, 1.807) is 12.0 Å². The fourth-order valence-electron chi connectivity index (χ4n) is 4.78. The number of amides is 2. The quantitative estimate of drug-likeness (QED) is 0.257. The van der Waals surface area contributed by atoms with Gasteiger partial charge in [0.1, 0.15) is 11.8 Å². The number of aryl methyl sites for hydroxylation is 1. The van der Waals surface area contributed by atoms with Crippen molar-refractivity contribution < 1.29 is 14.3 Å². The van der Waals surface area contributed by atoms with Crippen molar-refractivity contribution in [2.45, 2.75) is 45.2 Å². The van der Waals surface area contributed by atoms with Crippen LogP contribution in [0.4, 0.5) is 0 Å². The first-order chi connectivity index (χ1) is 18.6. The van der Waals surface area contributed by atoms with Crippen LogP contribution in [0, 0.1) is 0 Å². The van der Waals surface area contributed by atoms with Gasteiger partial charge in [-0.2, -0.15) is 0 Å². The SMILES string of the molecule is CCCNC(=O)[C@H](Cc1ccccc1)N(Cc1cccc(OC)c1)C(=O)CCc1cccc2ccccc12. The van der Waals surface area contributed by atoms with E-state index in [-0.39, 0.29) is 11.8 Å². The monoisotopic (exact) mass is 508 g/mol. The summed E-state index contributed by atoms with van der Waals surface area (Å²) in [5.41, 5.74) is 3.07. The molecule has 0 aromatic heterocycles. The first-order valence-corrected chi connectivity index (χ1v) is 13.3. The zero-order valence-electron chi connectivity index (χ0n) is 22.2. The van der Waals surface area contributed by atoms with E-state index in [2.05, 4.69) is 29.6 Å². The first-order valence-electron chi connectivity index (χ1n) is 13.3. The van der Waals surface area contributed by atoms with Crippen molar-refractivity contribution in [3.05, 3.63) is 114 Å². The summed E-state index contributed by atoms with van der Waals surface area (Å²) in [7, 11) is 1.63. The molecule has 4 aromatic carbocycles. The highest BCUT2D eigenvalue weighted by atomic mass is 16.5. The minimum Gasteiger partial charge on any atom is -0.497 e. The minimum atomic E-state index is -0.629. The molecule has 4 aromatic rings. The smallest absolute Gasteiger partial charge is 0.243 e. The van der Waals surface area contributed by atoms with Crippen LogP contribution >= 0.6 is 0 Å². The molecular formula is C33H36N2O3. The van der Waals surface area contributed by atoms with Crippen LogP contribution < -0.4 is 10.1 Å². The van der Waals surface area contributed by atoms with E-state index in [1.807, 2.05) is 79.7 Å². The number of carbonyl (C=O) groups excluding carboxylic acids is 2. The largest absolute Gasteiger partial charge is 0.497 e. The Morgan fingerprint density at radius 3 is 2.37 bits per heavy atom. The molecule has 1 N–H and O–H groups in total. The summed E-state index contributed by atoms with van der Waals surface area (Å²) in [6.07, 6.45) is 2.18. The fourth-order valence-corrected chi connectivity index (χ4v) is 4.78. The van der Waals surface area contributed by atoms with Gasteiger partial charge in [0, 0.05) is 25.9 Å². The van der Waals surface area contributed by atoms with Gasteiger partial charge in [-0.15, -0.1) is 0 Å². The van der Waals surface area contributed by atoms with Gasteiger partial charge in [0.25, 0.3) is 0 Å². The van der Waals surface area contributed by atoms with E-state index in [1.165, 1.54) is 0 Å². The van der Waals surface area contributed by atoms with Crippen LogP contribution in [0.5, 0.6) is 5.75 Å². The van der Waals surface area contributed by atoms with Gasteiger partial charge in [0.05, 0.1) is 7.11 Å². The lowest BCUT2D eigenvalue weighted by Gasteiger charge is -2.32. The Kier molecular flexibility index (Phi) is 9.52. The number of benzene rings is 4. The third kappa shape index (κ3) is 7.00. The summed E-state index contributed by atoms with van der Waals surface area (Å²) < 4.78 is 5.42.